The maximum absolute atomic E-state index is 11.3. The normalized spacial score (nSPS) is 17.0. The van der Waals surface area contributed by atoms with E-state index in [9.17, 15) is 10.1 Å². The van der Waals surface area contributed by atoms with Gasteiger partial charge in [-0.3, -0.25) is 15.0 Å². The van der Waals surface area contributed by atoms with E-state index in [2.05, 4.69) is 4.90 Å². The molecule has 25 heavy (non-hydrogen) atoms. The molecule has 1 atom stereocenters. The highest BCUT2D eigenvalue weighted by atomic mass is 16.6. The van der Waals surface area contributed by atoms with Gasteiger partial charge in [-0.15, -0.1) is 0 Å². The molecule has 2 aromatic rings. The molecule has 0 bridgehead atoms. The molecule has 0 radical (unpaired) electrons. The van der Waals surface area contributed by atoms with Crippen molar-refractivity contribution in [3.05, 3.63) is 69.3 Å². The zero-order valence-corrected chi connectivity index (χ0v) is 14.5. The molecule has 1 aliphatic heterocycles. The summed E-state index contributed by atoms with van der Waals surface area (Å²) in [4.78, 5) is 13.2. The monoisotopic (exact) mass is 342 g/mol. The highest BCUT2D eigenvalue weighted by Crippen LogP contribution is 2.38. The maximum Gasteiger partial charge on any atom is 0.223 e. The fourth-order valence-electron chi connectivity index (χ4n) is 3.44. The average Bonchev–Trinajstić information content (AvgIpc) is 2.63. The molecule has 0 amide bonds. The number of ether oxygens (including phenoxy) is 2. The van der Waals surface area contributed by atoms with Gasteiger partial charge in [0.15, 0.2) is 11.5 Å². The van der Waals surface area contributed by atoms with Crippen LogP contribution >= 0.6 is 0 Å². The van der Waals surface area contributed by atoms with Crippen molar-refractivity contribution in [1.82, 2.24) is 4.90 Å². The number of hydrogen-bond donors (Lipinski definition) is 0. The van der Waals surface area contributed by atoms with E-state index in [1.54, 1.807) is 14.2 Å². The predicted molar refractivity (Wildman–Crippen MR) is 94.7 cm³/mol. The summed E-state index contributed by atoms with van der Waals surface area (Å²) in [5.74, 6) is 1.27. The molecule has 3 rings (SSSR count). The summed E-state index contributed by atoms with van der Waals surface area (Å²) in [6.07, 6.45) is 0.830. The second-order valence-electron chi connectivity index (χ2n) is 6.14. The zero-order chi connectivity index (χ0) is 17.8. The fraction of sp³-hybridized carbons (Fsp3) is 0.368. The number of nitro groups is 1. The zero-order valence-electron chi connectivity index (χ0n) is 14.5. The summed E-state index contributed by atoms with van der Waals surface area (Å²) in [7, 11) is 3.18. The van der Waals surface area contributed by atoms with Gasteiger partial charge in [-0.25, -0.2) is 0 Å². The number of rotatable bonds is 6. The number of nitrogens with zero attached hydrogens (tertiary/aromatic N) is 2. The number of methoxy groups -OCH3 is 2. The van der Waals surface area contributed by atoms with Crippen molar-refractivity contribution in [3.63, 3.8) is 0 Å². The number of benzene rings is 2. The summed E-state index contributed by atoms with van der Waals surface area (Å²) in [6.45, 7) is 1.33. The van der Waals surface area contributed by atoms with Crippen molar-refractivity contribution in [2.75, 3.05) is 27.3 Å². The van der Waals surface area contributed by atoms with Crippen LogP contribution in [0.25, 0.3) is 0 Å². The van der Waals surface area contributed by atoms with Crippen LogP contribution in [0.4, 0.5) is 0 Å². The van der Waals surface area contributed by atoms with Crippen LogP contribution in [0, 0.1) is 10.1 Å². The van der Waals surface area contributed by atoms with E-state index >= 15 is 0 Å². The lowest BCUT2D eigenvalue weighted by molar-refractivity contribution is -0.488. The molecule has 6 heteroatoms. The highest BCUT2D eigenvalue weighted by molar-refractivity contribution is 5.49. The fourth-order valence-corrected chi connectivity index (χ4v) is 3.44. The molecule has 1 heterocycles. The second kappa shape index (κ2) is 7.53. The Kier molecular flexibility index (Phi) is 5.19. The molecule has 0 saturated heterocycles. The number of hydrogen-bond acceptors (Lipinski definition) is 5. The SMILES string of the molecule is COc1cc2c(cc1OC)[C@H](C[N+](=O)[O-])N(Cc1ccccc1)CC2. The van der Waals surface area contributed by atoms with Gasteiger partial charge in [0.25, 0.3) is 0 Å². The molecule has 6 nitrogen and oxygen atoms in total. The largest absolute Gasteiger partial charge is 0.493 e. The molecule has 0 unspecified atom stereocenters. The van der Waals surface area contributed by atoms with E-state index in [-0.39, 0.29) is 17.5 Å². The molecule has 0 aromatic heterocycles. The summed E-state index contributed by atoms with van der Waals surface area (Å²) in [5, 5.41) is 11.3. The minimum absolute atomic E-state index is 0.130. The lowest BCUT2D eigenvalue weighted by atomic mass is 9.91. The molecule has 132 valence electrons. The van der Waals surface area contributed by atoms with E-state index in [4.69, 9.17) is 9.47 Å². The van der Waals surface area contributed by atoms with Crippen molar-refractivity contribution in [2.45, 2.75) is 19.0 Å². The van der Waals surface area contributed by atoms with Crippen LogP contribution in [0.5, 0.6) is 11.5 Å². The third kappa shape index (κ3) is 3.74. The summed E-state index contributed by atoms with van der Waals surface area (Å²) in [6, 6.07) is 13.6. The Labute approximate surface area is 147 Å². The van der Waals surface area contributed by atoms with E-state index in [1.807, 2.05) is 42.5 Å². The summed E-state index contributed by atoms with van der Waals surface area (Å²) < 4.78 is 10.8. The minimum Gasteiger partial charge on any atom is -0.493 e. The first-order chi connectivity index (χ1) is 12.1. The predicted octanol–water partition coefficient (Wildman–Crippen LogP) is 3.08. The van der Waals surface area contributed by atoms with Crippen molar-refractivity contribution >= 4 is 0 Å². The quantitative estimate of drug-likeness (QED) is 0.596. The third-order valence-electron chi connectivity index (χ3n) is 4.66. The van der Waals surface area contributed by atoms with E-state index < -0.39 is 0 Å². The van der Waals surface area contributed by atoms with E-state index in [0.717, 1.165) is 29.7 Å². The lowest BCUT2D eigenvalue weighted by Crippen LogP contribution is -2.38. The number of fused-ring (bicyclic) bond motifs is 1. The average molecular weight is 342 g/mol. The van der Waals surface area contributed by atoms with E-state index in [0.29, 0.717) is 18.0 Å². The van der Waals surface area contributed by atoms with Gasteiger partial charge in [-0.1, -0.05) is 30.3 Å². The van der Waals surface area contributed by atoms with Gasteiger partial charge in [0.1, 0.15) is 6.04 Å². The first kappa shape index (κ1) is 17.2. The summed E-state index contributed by atoms with van der Waals surface area (Å²) >= 11 is 0. The molecule has 0 fully saturated rings. The molecule has 0 aliphatic carbocycles. The van der Waals surface area contributed by atoms with Crippen LogP contribution in [-0.4, -0.2) is 37.1 Å². The van der Waals surface area contributed by atoms with Crippen LogP contribution in [0.3, 0.4) is 0 Å². The first-order valence-electron chi connectivity index (χ1n) is 8.27. The lowest BCUT2D eigenvalue weighted by Gasteiger charge is -2.35. The molecule has 1 aliphatic rings. The smallest absolute Gasteiger partial charge is 0.223 e. The topological polar surface area (TPSA) is 64.8 Å². The Hall–Kier alpha value is -2.60. The van der Waals surface area contributed by atoms with Gasteiger partial charge in [0, 0.05) is 18.0 Å². The van der Waals surface area contributed by atoms with Crippen LogP contribution in [-0.2, 0) is 13.0 Å². The molecular weight excluding hydrogens is 320 g/mol. The van der Waals surface area contributed by atoms with Gasteiger partial charge >= 0.3 is 0 Å². The Morgan fingerprint density at radius 2 is 1.84 bits per heavy atom. The van der Waals surface area contributed by atoms with Gasteiger partial charge in [0.05, 0.1) is 14.2 Å². The highest BCUT2D eigenvalue weighted by Gasteiger charge is 2.32. The molecule has 2 aromatic carbocycles. The second-order valence-corrected chi connectivity index (χ2v) is 6.14. The molecular formula is C19H22N2O4. The van der Waals surface area contributed by atoms with Crippen LogP contribution in [0.1, 0.15) is 22.7 Å². The van der Waals surface area contributed by atoms with Crippen LogP contribution in [0.15, 0.2) is 42.5 Å². The third-order valence-corrected chi connectivity index (χ3v) is 4.66. The Balaban J connectivity index is 1.96. The van der Waals surface area contributed by atoms with Crippen LogP contribution in [0.2, 0.25) is 0 Å². The van der Waals surface area contributed by atoms with Gasteiger partial charge in [0.2, 0.25) is 6.54 Å². The maximum atomic E-state index is 11.3. The standard InChI is InChI=1S/C19H22N2O4/c1-24-18-10-15-8-9-20(12-14-6-4-3-5-7-14)17(13-21(22)23)16(15)11-19(18)25-2/h3-7,10-11,17H,8-9,12-13H2,1-2H3/t17-/m0/s1. The van der Waals surface area contributed by atoms with Crippen molar-refractivity contribution in [1.29, 1.82) is 0 Å². The summed E-state index contributed by atoms with van der Waals surface area (Å²) in [5.41, 5.74) is 3.20. The Morgan fingerprint density at radius 3 is 2.48 bits per heavy atom. The van der Waals surface area contributed by atoms with Gasteiger partial charge in [-0.2, -0.15) is 0 Å². The van der Waals surface area contributed by atoms with Crippen LogP contribution < -0.4 is 9.47 Å². The van der Waals surface area contributed by atoms with E-state index in [1.165, 1.54) is 0 Å². The van der Waals surface area contributed by atoms with Gasteiger partial charge in [-0.05, 0) is 35.2 Å². The molecule has 0 N–H and O–H groups in total. The molecule has 0 saturated carbocycles. The Bertz CT molecular complexity index is 749. The molecule has 0 spiro atoms. The Morgan fingerprint density at radius 1 is 1.16 bits per heavy atom. The van der Waals surface area contributed by atoms with Gasteiger partial charge < -0.3 is 9.47 Å². The van der Waals surface area contributed by atoms with Crippen molar-refractivity contribution in [3.8, 4) is 11.5 Å². The minimum atomic E-state index is -0.279. The van der Waals surface area contributed by atoms with Crippen molar-refractivity contribution in [2.24, 2.45) is 0 Å². The van der Waals surface area contributed by atoms with Crippen molar-refractivity contribution < 1.29 is 14.4 Å². The first-order valence-corrected chi connectivity index (χ1v) is 8.27.